The van der Waals surface area contributed by atoms with E-state index in [1.54, 1.807) is 37.4 Å². The van der Waals surface area contributed by atoms with E-state index >= 15 is 0 Å². The molecule has 1 heterocycles. The quantitative estimate of drug-likeness (QED) is 0.585. The van der Waals surface area contributed by atoms with Crippen LogP contribution in [0.2, 0.25) is 0 Å². The number of rotatable bonds is 8. The molecule has 0 aliphatic rings. The van der Waals surface area contributed by atoms with Gasteiger partial charge in [0.2, 0.25) is 9.84 Å². The van der Waals surface area contributed by atoms with Gasteiger partial charge in [0, 0.05) is 6.54 Å². The van der Waals surface area contributed by atoms with Crippen LogP contribution in [0.4, 0.5) is 0 Å². The lowest BCUT2D eigenvalue weighted by atomic mass is 10.2. The van der Waals surface area contributed by atoms with Crippen molar-refractivity contribution in [1.82, 2.24) is 5.32 Å². The number of thiophene rings is 1. The van der Waals surface area contributed by atoms with E-state index in [2.05, 4.69) is 5.32 Å². The normalized spacial score (nSPS) is 11.1. The molecule has 0 unspecified atom stereocenters. The molecule has 6 nitrogen and oxygen atoms in total. The third-order valence-electron chi connectivity index (χ3n) is 4.10. The van der Waals surface area contributed by atoms with Gasteiger partial charge < -0.3 is 14.8 Å². The molecule has 0 aliphatic carbocycles. The molecule has 8 heteroatoms. The second-order valence-corrected chi connectivity index (χ2v) is 9.30. The van der Waals surface area contributed by atoms with E-state index in [4.69, 9.17) is 9.47 Å². The van der Waals surface area contributed by atoms with Gasteiger partial charge in [-0.3, -0.25) is 4.79 Å². The highest BCUT2D eigenvalue weighted by atomic mass is 32.2. The summed E-state index contributed by atoms with van der Waals surface area (Å²) in [5.74, 6) is 0.891. The molecule has 2 aromatic carbocycles. The molecule has 0 fully saturated rings. The van der Waals surface area contributed by atoms with Crippen molar-refractivity contribution in [2.75, 3.05) is 13.7 Å². The van der Waals surface area contributed by atoms with E-state index in [1.165, 1.54) is 24.3 Å². The Morgan fingerprint density at radius 3 is 2.48 bits per heavy atom. The van der Waals surface area contributed by atoms with Gasteiger partial charge in [0.15, 0.2) is 11.5 Å². The Morgan fingerprint density at radius 2 is 1.79 bits per heavy atom. The van der Waals surface area contributed by atoms with E-state index in [-0.39, 0.29) is 21.6 Å². The summed E-state index contributed by atoms with van der Waals surface area (Å²) in [5, 5.41) is 2.80. The monoisotopic (exact) mass is 431 g/mol. The van der Waals surface area contributed by atoms with E-state index in [1.807, 2.05) is 13.0 Å². The van der Waals surface area contributed by atoms with Gasteiger partial charge in [-0.15, -0.1) is 11.3 Å². The summed E-state index contributed by atoms with van der Waals surface area (Å²) >= 11 is 0.950. The summed E-state index contributed by atoms with van der Waals surface area (Å²) in [6, 6.07) is 16.6. The lowest BCUT2D eigenvalue weighted by Crippen LogP contribution is -2.21. The van der Waals surface area contributed by atoms with Crippen molar-refractivity contribution < 1.29 is 22.7 Å². The van der Waals surface area contributed by atoms with Crippen LogP contribution in [-0.2, 0) is 16.4 Å². The molecule has 0 saturated heterocycles. The molecule has 3 rings (SSSR count). The van der Waals surface area contributed by atoms with Crippen LogP contribution in [0.1, 0.15) is 22.2 Å². The minimum atomic E-state index is -3.63. The van der Waals surface area contributed by atoms with Crippen LogP contribution in [0.25, 0.3) is 0 Å². The zero-order valence-electron chi connectivity index (χ0n) is 16.0. The van der Waals surface area contributed by atoms with Crippen molar-refractivity contribution in [1.29, 1.82) is 0 Å². The van der Waals surface area contributed by atoms with Crippen LogP contribution in [0.5, 0.6) is 11.5 Å². The Balaban J connectivity index is 1.70. The van der Waals surface area contributed by atoms with Crippen molar-refractivity contribution in [2.45, 2.75) is 22.6 Å². The fourth-order valence-electron chi connectivity index (χ4n) is 2.67. The standard InChI is InChI=1S/C21H21NO5S2/c1-3-27-17-10-9-15(13-18(17)26-2)14-22-21(23)19-11-12-20(28-19)29(24,25)16-7-5-4-6-8-16/h4-13H,3,14H2,1-2H3,(H,22,23). The molecular weight excluding hydrogens is 410 g/mol. The minimum Gasteiger partial charge on any atom is -0.493 e. The average Bonchev–Trinajstić information content (AvgIpc) is 3.25. The Kier molecular flexibility index (Phi) is 6.56. The number of hydrogen-bond donors (Lipinski definition) is 1. The number of benzene rings is 2. The highest BCUT2D eigenvalue weighted by molar-refractivity contribution is 7.93. The van der Waals surface area contributed by atoms with Crippen LogP contribution < -0.4 is 14.8 Å². The number of hydrogen-bond acceptors (Lipinski definition) is 6. The van der Waals surface area contributed by atoms with Gasteiger partial charge in [0.1, 0.15) is 4.21 Å². The number of methoxy groups -OCH3 is 1. The van der Waals surface area contributed by atoms with Crippen molar-refractivity contribution in [3.63, 3.8) is 0 Å². The van der Waals surface area contributed by atoms with Crippen LogP contribution in [0.3, 0.4) is 0 Å². The molecule has 0 atom stereocenters. The molecule has 29 heavy (non-hydrogen) atoms. The number of carbonyl (C=O) groups is 1. The third kappa shape index (κ3) is 4.78. The maximum atomic E-state index is 12.7. The summed E-state index contributed by atoms with van der Waals surface area (Å²) in [4.78, 5) is 13.0. The van der Waals surface area contributed by atoms with Gasteiger partial charge >= 0.3 is 0 Å². The first-order valence-electron chi connectivity index (χ1n) is 8.93. The fraction of sp³-hybridized carbons (Fsp3) is 0.190. The van der Waals surface area contributed by atoms with Crippen molar-refractivity contribution >= 4 is 27.1 Å². The zero-order valence-corrected chi connectivity index (χ0v) is 17.7. The summed E-state index contributed by atoms with van der Waals surface area (Å²) < 4.78 is 36.2. The van der Waals surface area contributed by atoms with Crippen molar-refractivity contribution in [3.05, 3.63) is 71.1 Å². The number of amides is 1. The van der Waals surface area contributed by atoms with Crippen LogP contribution >= 0.6 is 11.3 Å². The van der Waals surface area contributed by atoms with E-state index in [0.29, 0.717) is 23.0 Å². The fourth-order valence-corrected chi connectivity index (χ4v) is 5.31. The predicted octanol–water partition coefficient (Wildman–Crippen LogP) is 3.92. The SMILES string of the molecule is CCOc1ccc(CNC(=O)c2ccc(S(=O)(=O)c3ccccc3)s2)cc1OC. The highest BCUT2D eigenvalue weighted by Crippen LogP contribution is 2.29. The molecule has 1 N–H and O–H groups in total. The minimum absolute atomic E-state index is 0.136. The number of ether oxygens (including phenoxy) is 2. The topological polar surface area (TPSA) is 81.7 Å². The summed E-state index contributed by atoms with van der Waals surface area (Å²) in [7, 11) is -2.07. The van der Waals surface area contributed by atoms with Gasteiger partial charge in [-0.05, 0) is 48.9 Å². The smallest absolute Gasteiger partial charge is 0.261 e. The van der Waals surface area contributed by atoms with Crippen molar-refractivity contribution in [2.24, 2.45) is 0 Å². The molecular formula is C21H21NO5S2. The molecule has 0 bridgehead atoms. The Bertz CT molecular complexity index is 1090. The Morgan fingerprint density at radius 1 is 1.03 bits per heavy atom. The van der Waals surface area contributed by atoms with Crippen LogP contribution in [0, 0.1) is 0 Å². The number of sulfone groups is 1. The molecule has 0 aliphatic heterocycles. The maximum absolute atomic E-state index is 12.7. The maximum Gasteiger partial charge on any atom is 0.261 e. The largest absolute Gasteiger partial charge is 0.493 e. The molecule has 0 saturated carbocycles. The molecule has 152 valence electrons. The van der Waals surface area contributed by atoms with Crippen molar-refractivity contribution in [3.8, 4) is 11.5 Å². The first kappa shape index (κ1) is 20.9. The lowest BCUT2D eigenvalue weighted by molar-refractivity contribution is 0.0955. The molecule has 0 radical (unpaired) electrons. The first-order chi connectivity index (χ1) is 14.0. The van der Waals surface area contributed by atoms with Gasteiger partial charge in [-0.25, -0.2) is 8.42 Å². The zero-order chi connectivity index (χ0) is 20.9. The Hall–Kier alpha value is -2.84. The summed E-state index contributed by atoms with van der Waals surface area (Å²) in [6.45, 7) is 2.69. The van der Waals surface area contributed by atoms with Crippen LogP contribution in [-0.4, -0.2) is 28.0 Å². The second-order valence-electron chi connectivity index (χ2n) is 6.04. The van der Waals surface area contributed by atoms with Gasteiger partial charge in [0.05, 0.1) is 23.5 Å². The van der Waals surface area contributed by atoms with Crippen LogP contribution in [0.15, 0.2) is 69.8 Å². The third-order valence-corrected chi connectivity index (χ3v) is 7.45. The molecule has 3 aromatic rings. The molecule has 0 spiro atoms. The highest BCUT2D eigenvalue weighted by Gasteiger charge is 2.21. The van der Waals surface area contributed by atoms with E-state index in [0.717, 1.165) is 16.9 Å². The first-order valence-corrected chi connectivity index (χ1v) is 11.2. The summed E-state index contributed by atoms with van der Waals surface area (Å²) in [5.41, 5.74) is 0.840. The second kappa shape index (κ2) is 9.11. The molecule has 1 amide bonds. The van der Waals surface area contributed by atoms with E-state index < -0.39 is 9.84 Å². The van der Waals surface area contributed by atoms with Gasteiger partial charge in [-0.1, -0.05) is 24.3 Å². The Labute approximate surface area is 174 Å². The number of carbonyl (C=O) groups excluding carboxylic acids is 1. The molecule has 1 aromatic heterocycles. The summed E-state index contributed by atoms with van der Waals surface area (Å²) in [6.07, 6.45) is 0. The lowest BCUT2D eigenvalue weighted by Gasteiger charge is -2.11. The predicted molar refractivity (Wildman–Crippen MR) is 112 cm³/mol. The van der Waals surface area contributed by atoms with E-state index in [9.17, 15) is 13.2 Å². The van der Waals surface area contributed by atoms with Gasteiger partial charge in [-0.2, -0.15) is 0 Å². The number of nitrogens with one attached hydrogen (secondary N) is 1. The van der Waals surface area contributed by atoms with Gasteiger partial charge in [0.25, 0.3) is 5.91 Å². The average molecular weight is 432 g/mol.